The van der Waals surface area contributed by atoms with Gasteiger partial charge in [0, 0.05) is 18.8 Å². The summed E-state index contributed by atoms with van der Waals surface area (Å²) in [5, 5.41) is 4.40. The number of hydrogen-bond acceptors (Lipinski definition) is 4. The summed E-state index contributed by atoms with van der Waals surface area (Å²) < 4.78 is 5.35. The smallest absolute Gasteiger partial charge is 0.139 e. The standard InChI is InChI=1S/C13H19N3O/c1-13(2,3)11(8-14)16-12-9-5-7-17-10(9)4-6-15-12/h4-7,11H,8,14H2,1-3H3,(H,15,16). The maximum Gasteiger partial charge on any atom is 0.139 e. The first-order valence-electron chi connectivity index (χ1n) is 5.81. The van der Waals surface area contributed by atoms with E-state index in [4.69, 9.17) is 10.2 Å². The summed E-state index contributed by atoms with van der Waals surface area (Å²) in [5.74, 6) is 0.835. The van der Waals surface area contributed by atoms with E-state index < -0.39 is 0 Å². The molecule has 2 rings (SSSR count). The molecule has 2 aromatic rings. The lowest BCUT2D eigenvalue weighted by molar-refractivity contribution is 0.345. The van der Waals surface area contributed by atoms with E-state index in [0.29, 0.717) is 6.54 Å². The zero-order chi connectivity index (χ0) is 12.5. The van der Waals surface area contributed by atoms with Gasteiger partial charge in [-0.2, -0.15) is 0 Å². The molecule has 0 spiro atoms. The van der Waals surface area contributed by atoms with E-state index >= 15 is 0 Å². The Kier molecular flexibility index (Phi) is 3.07. The summed E-state index contributed by atoms with van der Waals surface area (Å²) in [6.45, 7) is 7.05. The molecule has 0 aromatic carbocycles. The summed E-state index contributed by atoms with van der Waals surface area (Å²) in [4.78, 5) is 4.35. The molecular weight excluding hydrogens is 214 g/mol. The van der Waals surface area contributed by atoms with Crippen molar-refractivity contribution in [2.45, 2.75) is 26.8 Å². The normalized spacial score (nSPS) is 13.9. The van der Waals surface area contributed by atoms with Crippen molar-refractivity contribution < 1.29 is 4.42 Å². The minimum Gasteiger partial charge on any atom is -0.464 e. The minimum absolute atomic E-state index is 0.0856. The minimum atomic E-state index is 0.0856. The van der Waals surface area contributed by atoms with Gasteiger partial charge < -0.3 is 15.5 Å². The number of furan rings is 1. The van der Waals surface area contributed by atoms with Crippen molar-refractivity contribution in [3.63, 3.8) is 0 Å². The molecule has 0 radical (unpaired) electrons. The van der Waals surface area contributed by atoms with Crippen molar-refractivity contribution in [1.82, 2.24) is 4.98 Å². The SMILES string of the molecule is CC(C)(C)C(CN)Nc1nccc2occc12. The summed E-state index contributed by atoms with van der Waals surface area (Å²) in [6, 6.07) is 3.95. The monoisotopic (exact) mass is 233 g/mol. The van der Waals surface area contributed by atoms with Gasteiger partial charge in [0.1, 0.15) is 11.4 Å². The van der Waals surface area contributed by atoms with Crippen LogP contribution in [0.25, 0.3) is 11.0 Å². The van der Waals surface area contributed by atoms with Gasteiger partial charge in [0.2, 0.25) is 0 Å². The highest BCUT2D eigenvalue weighted by Gasteiger charge is 2.24. The van der Waals surface area contributed by atoms with Crippen LogP contribution in [0, 0.1) is 5.41 Å². The van der Waals surface area contributed by atoms with Crippen LogP contribution in [0.1, 0.15) is 20.8 Å². The molecule has 0 aliphatic carbocycles. The third-order valence-electron chi connectivity index (χ3n) is 2.97. The fourth-order valence-electron chi connectivity index (χ4n) is 1.80. The van der Waals surface area contributed by atoms with Gasteiger partial charge in [-0.3, -0.25) is 0 Å². The Labute approximate surface area is 101 Å². The van der Waals surface area contributed by atoms with E-state index in [9.17, 15) is 0 Å². The van der Waals surface area contributed by atoms with Gasteiger partial charge in [-0.1, -0.05) is 20.8 Å². The van der Waals surface area contributed by atoms with Crippen LogP contribution in [0.5, 0.6) is 0 Å². The Morgan fingerprint density at radius 2 is 2.18 bits per heavy atom. The highest BCUT2D eigenvalue weighted by Crippen LogP contribution is 2.26. The van der Waals surface area contributed by atoms with E-state index in [1.54, 1.807) is 12.5 Å². The lowest BCUT2D eigenvalue weighted by Crippen LogP contribution is -2.40. The van der Waals surface area contributed by atoms with E-state index in [-0.39, 0.29) is 11.5 Å². The molecule has 0 saturated carbocycles. The van der Waals surface area contributed by atoms with Crippen LogP contribution in [-0.4, -0.2) is 17.6 Å². The number of pyridine rings is 1. The molecule has 0 amide bonds. The lowest BCUT2D eigenvalue weighted by atomic mass is 9.87. The van der Waals surface area contributed by atoms with Crippen molar-refractivity contribution in [2.24, 2.45) is 11.1 Å². The Bertz CT molecular complexity index is 499. The second kappa shape index (κ2) is 4.37. The van der Waals surface area contributed by atoms with Gasteiger partial charge in [0.05, 0.1) is 11.6 Å². The van der Waals surface area contributed by atoms with Gasteiger partial charge in [-0.05, 0) is 17.5 Å². The van der Waals surface area contributed by atoms with Gasteiger partial charge in [0.15, 0.2) is 0 Å². The summed E-state index contributed by atoms with van der Waals surface area (Å²) >= 11 is 0. The molecule has 0 fully saturated rings. The molecule has 92 valence electrons. The van der Waals surface area contributed by atoms with E-state index in [2.05, 4.69) is 31.1 Å². The van der Waals surface area contributed by atoms with Crippen molar-refractivity contribution in [3.8, 4) is 0 Å². The number of rotatable bonds is 3. The Hall–Kier alpha value is -1.55. The van der Waals surface area contributed by atoms with Crippen LogP contribution in [0.4, 0.5) is 5.82 Å². The quantitative estimate of drug-likeness (QED) is 0.855. The average molecular weight is 233 g/mol. The molecule has 0 aliphatic rings. The maximum atomic E-state index is 5.81. The summed E-state index contributed by atoms with van der Waals surface area (Å²) in [7, 11) is 0. The number of nitrogens with zero attached hydrogens (tertiary/aromatic N) is 1. The molecule has 2 aromatic heterocycles. The summed E-state index contributed by atoms with van der Waals surface area (Å²) in [5.41, 5.74) is 6.74. The zero-order valence-corrected chi connectivity index (χ0v) is 10.5. The number of fused-ring (bicyclic) bond motifs is 1. The number of hydrogen-bond donors (Lipinski definition) is 2. The average Bonchev–Trinajstić information content (AvgIpc) is 2.72. The van der Waals surface area contributed by atoms with Crippen LogP contribution in [0.3, 0.4) is 0 Å². The predicted octanol–water partition coefficient (Wildman–Crippen LogP) is 2.61. The van der Waals surface area contributed by atoms with Crippen molar-refractivity contribution in [3.05, 3.63) is 24.6 Å². The van der Waals surface area contributed by atoms with Crippen LogP contribution < -0.4 is 11.1 Å². The molecule has 2 heterocycles. The third-order valence-corrected chi connectivity index (χ3v) is 2.97. The first kappa shape index (κ1) is 11.9. The Balaban J connectivity index is 2.31. The molecule has 0 saturated heterocycles. The molecule has 4 heteroatoms. The fraction of sp³-hybridized carbons (Fsp3) is 0.462. The van der Waals surface area contributed by atoms with Crippen molar-refractivity contribution >= 4 is 16.8 Å². The fourth-order valence-corrected chi connectivity index (χ4v) is 1.80. The Morgan fingerprint density at radius 1 is 1.41 bits per heavy atom. The zero-order valence-electron chi connectivity index (χ0n) is 10.5. The lowest BCUT2D eigenvalue weighted by Gasteiger charge is -2.30. The van der Waals surface area contributed by atoms with Crippen LogP contribution in [-0.2, 0) is 0 Å². The highest BCUT2D eigenvalue weighted by molar-refractivity contribution is 5.87. The highest BCUT2D eigenvalue weighted by atomic mass is 16.3. The number of anilines is 1. The molecule has 0 aliphatic heterocycles. The van der Waals surface area contributed by atoms with Crippen molar-refractivity contribution in [1.29, 1.82) is 0 Å². The molecule has 4 nitrogen and oxygen atoms in total. The largest absolute Gasteiger partial charge is 0.464 e. The third kappa shape index (κ3) is 2.42. The van der Waals surface area contributed by atoms with Crippen LogP contribution >= 0.6 is 0 Å². The van der Waals surface area contributed by atoms with Gasteiger partial charge in [-0.15, -0.1) is 0 Å². The first-order chi connectivity index (χ1) is 8.02. The van der Waals surface area contributed by atoms with Crippen LogP contribution in [0.15, 0.2) is 29.0 Å². The number of aromatic nitrogens is 1. The van der Waals surface area contributed by atoms with E-state index in [0.717, 1.165) is 16.8 Å². The van der Waals surface area contributed by atoms with E-state index in [1.165, 1.54) is 0 Å². The molecule has 1 atom stereocenters. The molecule has 1 unspecified atom stereocenters. The topological polar surface area (TPSA) is 64.1 Å². The number of nitrogens with two attached hydrogens (primary N) is 1. The van der Waals surface area contributed by atoms with Gasteiger partial charge >= 0.3 is 0 Å². The predicted molar refractivity (Wildman–Crippen MR) is 69.9 cm³/mol. The maximum absolute atomic E-state index is 5.81. The first-order valence-corrected chi connectivity index (χ1v) is 5.81. The van der Waals surface area contributed by atoms with E-state index in [1.807, 2.05) is 12.1 Å². The van der Waals surface area contributed by atoms with Gasteiger partial charge in [0.25, 0.3) is 0 Å². The van der Waals surface area contributed by atoms with Crippen LogP contribution in [0.2, 0.25) is 0 Å². The van der Waals surface area contributed by atoms with Crippen molar-refractivity contribution in [2.75, 3.05) is 11.9 Å². The summed E-state index contributed by atoms with van der Waals surface area (Å²) in [6.07, 6.45) is 3.41. The second-order valence-electron chi connectivity index (χ2n) is 5.29. The Morgan fingerprint density at radius 3 is 2.82 bits per heavy atom. The molecule has 3 N–H and O–H groups in total. The van der Waals surface area contributed by atoms with Gasteiger partial charge in [-0.25, -0.2) is 4.98 Å². The second-order valence-corrected chi connectivity index (χ2v) is 5.29. The number of nitrogens with one attached hydrogen (secondary N) is 1. The molecule has 17 heavy (non-hydrogen) atoms. The molecular formula is C13H19N3O. The molecule has 0 bridgehead atoms.